The van der Waals surface area contributed by atoms with Crippen molar-refractivity contribution in [1.29, 1.82) is 0 Å². The number of ether oxygens (including phenoxy) is 2. The lowest BCUT2D eigenvalue weighted by Gasteiger charge is -2.07. The zero-order valence-electron chi connectivity index (χ0n) is 13.5. The second-order valence-corrected chi connectivity index (χ2v) is 5.76. The van der Waals surface area contributed by atoms with Gasteiger partial charge in [-0.25, -0.2) is 4.79 Å². The van der Waals surface area contributed by atoms with Gasteiger partial charge in [-0.2, -0.15) is 0 Å². The quantitative estimate of drug-likeness (QED) is 0.600. The van der Waals surface area contributed by atoms with Crippen molar-refractivity contribution in [3.05, 3.63) is 64.4 Å². The molecule has 5 heteroatoms. The third-order valence-corrected chi connectivity index (χ3v) is 3.89. The number of aryl methyl sites for hydroxylation is 1. The van der Waals surface area contributed by atoms with Gasteiger partial charge in [0.2, 0.25) is 0 Å². The smallest absolute Gasteiger partial charge is 0.342 e. The van der Waals surface area contributed by atoms with E-state index in [1.807, 2.05) is 30.3 Å². The highest BCUT2D eigenvalue weighted by Gasteiger charge is 2.19. The summed E-state index contributed by atoms with van der Waals surface area (Å²) in [4.78, 5) is 12.1. The van der Waals surface area contributed by atoms with Gasteiger partial charge in [0, 0.05) is 10.4 Å². The minimum atomic E-state index is -0.386. The highest BCUT2D eigenvalue weighted by molar-refractivity contribution is 6.30. The van der Waals surface area contributed by atoms with Gasteiger partial charge in [0.05, 0.1) is 6.61 Å². The van der Waals surface area contributed by atoms with Crippen LogP contribution in [0.15, 0.2) is 46.9 Å². The van der Waals surface area contributed by atoms with Crippen LogP contribution in [-0.2, 0) is 11.3 Å². The summed E-state index contributed by atoms with van der Waals surface area (Å²) in [5.74, 6) is 0.811. The van der Waals surface area contributed by atoms with E-state index in [2.05, 4.69) is 0 Å². The average molecular weight is 345 g/mol. The van der Waals surface area contributed by atoms with Crippen LogP contribution in [0.4, 0.5) is 0 Å². The van der Waals surface area contributed by atoms with E-state index in [4.69, 9.17) is 25.5 Å². The maximum absolute atomic E-state index is 12.1. The van der Waals surface area contributed by atoms with Crippen LogP contribution in [0.1, 0.15) is 28.6 Å². The molecule has 0 N–H and O–H groups in total. The highest BCUT2D eigenvalue weighted by Crippen LogP contribution is 2.30. The molecular formula is C19H17ClO4. The maximum Gasteiger partial charge on any atom is 0.342 e. The fraction of sp³-hybridized carbons (Fsp3) is 0.211. The van der Waals surface area contributed by atoms with Crippen molar-refractivity contribution >= 4 is 28.5 Å². The van der Waals surface area contributed by atoms with E-state index in [1.165, 1.54) is 0 Å². The molecule has 0 spiro atoms. The van der Waals surface area contributed by atoms with E-state index < -0.39 is 0 Å². The molecule has 0 saturated heterocycles. The molecule has 1 heterocycles. The molecule has 4 nitrogen and oxygen atoms in total. The van der Waals surface area contributed by atoms with Gasteiger partial charge in [-0.1, -0.05) is 23.7 Å². The summed E-state index contributed by atoms with van der Waals surface area (Å²) in [6.45, 7) is 4.25. The van der Waals surface area contributed by atoms with Gasteiger partial charge in [0.15, 0.2) is 0 Å². The van der Waals surface area contributed by atoms with Crippen LogP contribution in [0.3, 0.4) is 0 Å². The second-order valence-electron chi connectivity index (χ2n) is 5.33. The number of halogens is 1. The monoisotopic (exact) mass is 344 g/mol. The molecular weight excluding hydrogens is 328 g/mol. The van der Waals surface area contributed by atoms with Gasteiger partial charge in [-0.3, -0.25) is 0 Å². The van der Waals surface area contributed by atoms with Crippen LogP contribution in [-0.4, -0.2) is 12.6 Å². The van der Waals surface area contributed by atoms with Crippen molar-refractivity contribution in [2.24, 2.45) is 0 Å². The largest absolute Gasteiger partial charge is 0.489 e. The van der Waals surface area contributed by atoms with Crippen LogP contribution in [0.25, 0.3) is 11.0 Å². The number of carbonyl (C=O) groups is 1. The van der Waals surface area contributed by atoms with Crippen LogP contribution in [0.2, 0.25) is 5.02 Å². The van der Waals surface area contributed by atoms with Crippen LogP contribution < -0.4 is 4.74 Å². The molecule has 24 heavy (non-hydrogen) atoms. The predicted octanol–water partition coefficient (Wildman–Crippen LogP) is 5.15. The molecule has 0 amide bonds. The molecule has 3 rings (SSSR count). The Balaban J connectivity index is 1.85. The molecule has 0 saturated carbocycles. The highest BCUT2D eigenvalue weighted by atomic mass is 35.5. The summed E-state index contributed by atoms with van der Waals surface area (Å²) in [6.07, 6.45) is 0. The van der Waals surface area contributed by atoms with E-state index in [1.54, 1.807) is 26.0 Å². The third-order valence-electron chi connectivity index (χ3n) is 3.63. The Morgan fingerprint density at radius 3 is 2.62 bits per heavy atom. The average Bonchev–Trinajstić information content (AvgIpc) is 2.89. The molecule has 0 fully saturated rings. The van der Waals surface area contributed by atoms with Gasteiger partial charge in [-0.15, -0.1) is 0 Å². The lowest BCUT2D eigenvalue weighted by molar-refractivity contribution is 0.0526. The van der Waals surface area contributed by atoms with Gasteiger partial charge in [-0.05, 0) is 49.7 Å². The Labute approximate surface area is 144 Å². The van der Waals surface area contributed by atoms with E-state index >= 15 is 0 Å². The first-order valence-corrected chi connectivity index (χ1v) is 8.03. The van der Waals surface area contributed by atoms with Crippen molar-refractivity contribution < 1.29 is 18.7 Å². The third kappa shape index (κ3) is 3.39. The fourth-order valence-corrected chi connectivity index (χ4v) is 2.62. The number of hydrogen-bond donors (Lipinski definition) is 0. The normalized spacial score (nSPS) is 10.8. The van der Waals surface area contributed by atoms with Crippen molar-refractivity contribution in [2.45, 2.75) is 20.5 Å². The lowest BCUT2D eigenvalue weighted by Crippen LogP contribution is -2.05. The number of esters is 1. The van der Waals surface area contributed by atoms with Crippen LogP contribution in [0, 0.1) is 6.92 Å². The topological polar surface area (TPSA) is 48.7 Å². The number of benzene rings is 2. The number of fused-ring (bicyclic) bond motifs is 1. The first kappa shape index (κ1) is 16.4. The molecule has 0 bridgehead atoms. The molecule has 0 unspecified atom stereocenters. The summed E-state index contributed by atoms with van der Waals surface area (Å²) in [5, 5.41) is 1.38. The summed E-state index contributed by atoms with van der Waals surface area (Å²) < 4.78 is 16.5. The van der Waals surface area contributed by atoms with E-state index in [0.717, 1.165) is 5.56 Å². The van der Waals surface area contributed by atoms with Gasteiger partial charge in [0.1, 0.15) is 29.3 Å². The summed E-state index contributed by atoms with van der Waals surface area (Å²) >= 11 is 5.87. The van der Waals surface area contributed by atoms with E-state index in [0.29, 0.717) is 46.3 Å². The van der Waals surface area contributed by atoms with Crippen molar-refractivity contribution in [1.82, 2.24) is 0 Å². The Morgan fingerprint density at radius 2 is 1.92 bits per heavy atom. The Bertz CT molecular complexity index is 865. The number of hydrogen-bond acceptors (Lipinski definition) is 4. The molecule has 0 atom stereocenters. The maximum atomic E-state index is 12.1. The minimum absolute atomic E-state index is 0.317. The molecule has 1 aromatic heterocycles. The minimum Gasteiger partial charge on any atom is -0.489 e. The van der Waals surface area contributed by atoms with Crippen LogP contribution in [0.5, 0.6) is 5.75 Å². The summed E-state index contributed by atoms with van der Waals surface area (Å²) in [5.41, 5.74) is 2.09. The lowest BCUT2D eigenvalue weighted by atomic mass is 10.1. The first-order valence-electron chi connectivity index (χ1n) is 7.66. The molecule has 0 aliphatic rings. The molecule has 0 aliphatic carbocycles. The molecule has 124 valence electrons. The predicted molar refractivity (Wildman–Crippen MR) is 92.7 cm³/mol. The molecule has 2 aromatic carbocycles. The summed E-state index contributed by atoms with van der Waals surface area (Å²) in [6, 6.07) is 12.9. The van der Waals surface area contributed by atoms with Crippen molar-refractivity contribution in [3.63, 3.8) is 0 Å². The Hall–Kier alpha value is -2.46. The zero-order valence-corrected chi connectivity index (χ0v) is 14.2. The van der Waals surface area contributed by atoms with E-state index in [9.17, 15) is 4.79 Å². The van der Waals surface area contributed by atoms with Crippen molar-refractivity contribution in [2.75, 3.05) is 6.61 Å². The first-order chi connectivity index (χ1) is 11.6. The van der Waals surface area contributed by atoms with Gasteiger partial charge < -0.3 is 13.9 Å². The van der Waals surface area contributed by atoms with Crippen molar-refractivity contribution in [3.8, 4) is 5.75 Å². The molecule has 0 radical (unpaired) electrons. The Kier molecular flexibility index (Phi) is 4.76. The number of carbonyl (C=O) groups excluding carboxylic acids is 1. The summed E-state index contributed by atoms with van der Waals surface area (Å²) in [7, 11) is 0. The zero-order chi connectivity index (χ0) is 17.1. The SMILES string of the molecule is CCOC(=O)c1c(C)oc2ccc(OCc3ccc(Cl)cc3)cc12. The molecule has 3 aromatic rings. The standard InChI is InChI=1S/C19H17ClO4/c1-3-22-19(21)18-12(2)24-17-9-8-15(10-16(17)18)23-11-13-4-6-14(20)7-5-13/h4-10H,3,11H2,1-2H3. The van der Waals surface area contributed by atoms with Gasteiger partial charge in [0.25, 0.3) is 0 Å². The molecule has 0 aliphatic heterocycles. The fourth-order valence-electron chi connectivity index (χ4n) is 2.49. The van der Waals surface area contributed by atoms with Crippen LogP contribution >= 0.6 is 11.6 Å². The second kappa shape index (κ2) is 6.97. The Morgan fingerprint density at radius 1 is 1.17 bits per heavy atom. The van der Waals surface area contributed by atoms with Gasteiger partial charge >= 0.3 is 5.97 Å². The number of rotatable bonds is 5. The number of furan rings is 1. The van der Waals surface area contributed by atoms with E-state index in [-0.39, 0.29) is 5.97 Å².